The quantitative estimate of drug-likeness (QED) is 0.846. The molecule has 0 radical (unpaired) electrons. The highest BCUT2D eigenvalue weighted by atomic mass is 32.2. The number of hydrogen-bond acceptors (Lipinski definition) is 3. The van der Waals surface area contributed by atoms with Crippen LogP contribution in [0.2, 0.25) is 0 Å². The standard InChI is InChI=1S/C15H25NO3S/c1-12-6-5-7-13(10-12)11-20(18,19)16-9-8-14(17)15(2,3)4/h5-7,10,14,16-17H,8-9,11H2,1-4H3. The maximum Gasteiger partial charge on any atom is 0.215 e. The summed E-state index contributed by atoms with van der Waals surface area (Å²) in [6, 6.07) is 7.45. The summed E-state index contributed by atoms with van der Waals surface area (Å²) < 4.78 is 26.4. The van der Waals surface area contributed by atoms with Crippen LogP contribution in [0.5, 0.6) is 0 Å². The van der Waals surface area contributed by atoms with Gasteiger partial charge in [0.1, 0.15) is 0 Å². The van der Waals surface area contributed by atoms with Crippen molar-refractivity contribution in [2.75, 3.05) is 6.54 Å². The summed E-state index contributed by atoms with van der Waals surface area (Å²) in [5, 5.41) is 9.87. The van der Waals surface area contributed by atoms with Gasteiger partial charge in [0.2, 0.25) is 10.0 Å². The van der Waals surface area contributed by atoms with Crippen LogP contribution in [0, 0.1) is 12.3 Å². The van der Waals surface area contributed by atoms with E-state index in [-0.39, 0.29) is 17.7 Å². The number of hydrogen-bond donors (Lipinski definition) is 2. The van der Waals surface area contributed by atoms with E-state index in [9.17, 15) is 13.5 Å². The van der Waals surface area contributed by atoms with Crippen molar-refractivity contribution in [3.8, 4) is 0 Å². The fourth-order valence-electron chi connectivity index (χ4n) is 1.86. The van der Waals surface area contributed by atoms with E-state index in [4.69, 9.17) is 0 Å². The Morgan fingerprint density at radius 2 is 1.95 bits per heavy atom. The van der Waals surface area contributed by atoms with E-state index in [0.717, 1.165) is 11.1 Å². The van der Waals surface area contributed by atoms with Gasteiger partial charge >= 0.3 is 0 Å². The predicted octanol–water partition coefficient (Wildman–Crippen LogP) is 2.21. The highest BCUT2D eigenvalue weighted by molar-refractivity contribution is 7.88. The number of rotatable bonds is 6. The molecule has 0 aliphatic heterocycles. The molecule has 0 aromatic heterocycles. The first-order valence-electron chi connectivity index (χ1n) is 6.81. The summed E-state index contributed by atoms with van der Waals surface area (Å²) in [6.45, 7) is 7.98. The van der Waals surface area contributed by atoms with E-state index in [1.54, 1.807) is 6.07 Å². The van der Waals surface area contributed by atoms with Crippen LogP contribution in [0.15, 0.2) is 24.3 Å². The van der Waals surface area contributed by atoms with Crippen LogP contribution in [0.3, 0.4) is 0 Å². The minimum atomic E-state index is -3.35. The van der Waals surface area contributed by atoms with Crippen LogP contribution < -0.4 is 4.72 Å². The third-order valence-electron chi connectivity index (χ3n) is 3.18. The number of benzene rings is 1. The Bertz CT molecular complexity index is 532. The molecule has 0 amide bonds. The van der Waals surface area contributed by atoms with Crippen molar-refractivity contribution in [3.05, 3.63) is 35.4 Å². The van der Waals surface area contributed by atoms with Gasteiger partial charge in [-0.1, -0.05) is 50.6 Å². The molecule has 1 atom stereocenters. The summed E-state index contributed by atoms with van der Waals surface area (Å²) in [6.07, 6.45) is -0.111. The lowest BCUT2D eigenvalue weighted by Crippen LogP contribution is -2.33. The van der Waals surface area contributed by atoms with Gasteiger partial charge < -0.3 is 5.11 Å². The summed E-state index contributed by atoms with van der Waals surface area (Å²) in [4.78, 5) is 0. The molecule has 1 aromatic rings. The van der Waals surface area contributed by atoms with Gasteiger partial charge in [-0.25, -0.2) is 13.1 Å². The zero-order valence-corrected chi connectivity index (χ0v) is 13.5. The number of aliphatic hydroxyl groups is 1. The first-order chi connectivity index (χ1) is 9.10. The number of aryl methyl sites for hydroxylation is 1. The van der Waals surface area contributed by atoms with E-state index in [0.29, 0.717) is 6.42 Å². The molecule has 1 unspecified atom stereocenters. The van der Waals surface area contributed by atoms with Crippen molar-refractivity contribution in [2.24, 2.45) is 5.41 Å². The summed E-state index contributed by atoms with van der Waals surface area (Å²) in [5.41, 5.74) is 1.58. The lowest BCUT2D eigenvalue weighted by molar-refractivity contribution is 0.0571. The maximum absolute atomic E-state index is 11.9. The van der Waals surface area contributed by atoms with Crippen LogP contribution in [-0.2, 0) is 15.8 Å². The Hall–Kier alpha value is -0.910. The molecule has 0 spiro atoms. The van der Waals surface area contributed by atoms with Crippen LogP contribution in [0.25, 0.3) is 0 Å². The van der Waals surface area contributed by atoms with E-state index >= 15 is 0 Å². The molecule has 114 valence electrons. The Labute approximate surface area is 122 Å². The van der Waals surface area contributed by atoms with Crippen molar-refractivity contribution in [1.82, 2.24) is 4.72 Å². The molecule has 4 nitrogen and oxygen atoms in total. The topological polar surface area (TPSA) is 66.4 Å². The molecule has 0 fully saturated rings. The Morgan fingerprint density at radius 1 is 1.30 bits per heavy atom. The third kappa shape index (κ3) is 6.03. The molecule has 1 rings (SSSR count). The SMILES string of the molecule is Cc1cccc(CS(=O)(=O)NCCC(O)C(C)(C)C)c1. The second-order valence-corrected chi connectivity index (χ2v) is 8.12. The van der Waals surface area contributed by atoms with E-state index in [1.807, 2.05) is 45.9 Å². The number of aliphatic hydroxyl groups excluding tert-OH is 1. The van der Waals surface area contributed by atoms with E-state index < -0.39 is 16.1 Å². The lowest BCUT2D eigenvalue weighted by atomic mass is 9.87. The van der Waals surface area contributed by atoms with Crippen molar-refractivity contribution >= 4 is 10.0 Å². The highest BCUT2D eigenvalue weighted by Crippen LogP contribution is 2.21. The van der Waals surface area contributed by atoms with Gasteiger partial charge in [0, 0.05) is 6.54 Å². The van der Waals surface area contributed by atoms with Gasteiger partial charge in [0.25, 0.3) is 0 Å². The summed E-state index contributed by atoms with van der Waals surface area (Å²) in [7, 11) is -3.35. The Balaban J connectivity index is 2.51. The second kappa shape index (κ2) is 6.70. The zero-order valence-electron chi connectivity index (χ0n) is 12.7. The van der Waals surface area contributed by atoms with E-state index in [1.165, 1.54) is 0 Å². The lowest BCUT2D eigenvalue weighted by Gasteiger charge is -2.25. The number of sulfonamides is 1. The van der Waals surface area contributed by atoms with Crippen LogP contribution in [0.1, 0.15) is 38.3 Å². The zero-order chi connectivity index (χ0) is 15.4. The first kappa shape index (κ1) is 17.1. The minimum Gasteiger partial charge on any atom is -0.393 e. The van der Waals surface area contributed by atoms with Crippen LogP contribution in [-0.4, -0.2) is 26.2 Å². The molecule has 0 bridgehead atoms. The second-order valence-electron chi connectivity index (χ2n) is 6.31. The summed E-state index contributed by atoms with van der Waals surface area (Å²) >= 11 is 0. The molecule has 0 aliphatic carbocycles. The van der Waals surface area contributed by atoms with Crippen molar-refractivity contribution in [1.29, 1.82) is 0 Å². The van der Waals surface area contributed by atoms with Gasteiger partial charge in [0.05, 0.1) is 11.9 Å². The molecule has 5 heteroatoms. The van der Waals surface area contributed by atoms with Crippen LogP contribution in [0.4, 0.5) is 0 Å². The van der Waals surface area contributed by atoms with Crippen molar-refractivity contribution < 1.29 is 13.5 Å². The average molecular weight is 299 g/mol. The van der Waals surface area contributed by atoms with Gasteiger partial charge in [-0.2, -0.15) is 0 Å². The highest BCUT2D eigenvalue weighted by Gasteiger charge is 2.22. The van der Waals surface area contributed by atoms with Gasteiger partial charge in [-0.15, -0.1) is 0 Å². The smallest absolute Gasteiger partial charge is 0.215 e. The fraction of sp³-hybridized carbons (Fsp3) is 0.600. The monoisotopic (exact) mass is 299 g/mol. The normalized spacial score (nSPS) is 14.2. The number of nitrogens with one attached hydrogen (secondary N) is 1. The molecule has 1 aromatic carbocycles. The molecule has 20 heavy (non-hydrogen) atoms. The Kier molecular flexibility index (Phi) is 5.74. The molecule has 2 N–H and O–H groups in total. The molecular weight excluding hydrogens is 274 g/mol. The van der Waals surface area contributed by atoms with Gasteiger partial charge in [-0.3, -0.25) is 0 Å². The predicted molar refractivity (Wildman–Crippen MR) is 81.9 cm³/mol. The van der Waals surface area contributed by atoms with Gasteiger partial charge in [-0.05, 0) is 24.3 Å². The van der Waals surface area contributed by atoms with Gasteiger partial charge in [0.15, 0.2) is 0 Å². The minimum absolute atomic E-state index is 0.0275. The fourth-order valence-corrected chi connectivity index (χ4v) is 3.01. The van der Waals surface area contributed by atoms with Crippen molar-refractivity contribution in [3.63, 3.8) is 0 Å². The maximum atomic E-state index is 11.9. The first-order valence-corrected chi connectivity index (χ1v) is 8.46. The largest absolute Gasteiger partial charge is 0.393 e. The van der Waals surface area contributed by atoms with Crippen molar-refractivity contribution in [2.45, 2.75) is 46.0 Å². The summed E-state index contributed by atoms with van der Waals surface area (Å²) in [5.74, 6) is -0.0275. The molecular formula is C15H25NO3S. The molecule has 0 aliphatic rings. The average Bonchev–Trinajstić information content (AvgIpc) is 2.26. The molecule has 0 saturated carbocycles. The van der Waals surface area contributed by atoms with Crippen LogP contribution >= 0.6 is 0 Å². The Morgan fingerprint density at radius 3 is 2.50 bits per heavy atom. The molecule has 0 heterocycles. The third-order valence-corrected chi connectivity index (χ3v) is 4.54. The van der Waals surface area contributed by atoms with E-state index in [2.05, 4.69) is 4.72 Å². The molecule has 0 saturated heterocycles.